The molecule has 0 atom stereocenters. The topological polar surface area (TPSA) is 113 Å². The van der Waals surface area contributed by atoms with E-state index in [4.69, 9.17) is 10.00 Å². The molecule has 112 valence electrons. The van der Waals surface area contributed by atoms with Crippen molar-refractivity contribution in [1.29, 1.82) is 5.26 Å². The van der Waals surface area contributed by atoms with Crippen LogP contribution < -0.4 is 4.90 Å². The molecule has 0 amide bonds. The van der Waals surface area contributed by atoms with E-state index in [1.807, 2.05) is 6.07 Å². The van der Waals surface area contributed by atoms with Crippen molar-refractivity contribution in [1.82, 2.24) is 4.98 Å². The summed E-state index contributed by atoms with van der Waals surface area (Å²) in [4.78, 5) is 15.7. The maximum Gasteiger partial charge on any atom is 0.289 e. The van der Waals surface area contributed by atoms with E-state index in [0.29, 0.717) is 31.9 Å². The van der Waals surface area contributed by atoms with Gasteiger partial charge in [-0.1, -0.05) is 0 Å². The van der Waals surface area contributed by atoms with E-state index in [1.165, 1.54) is 6.07 Å². The number of hydrogen-bond acceptors (Lipinski definition) is 7. The summed E-state index contributed by atoms with van der Waals surface area (Å²) in [5, 5.41) is 30.3. The highest BCUT2D eigenvalue weighted by Gasteiger charge is 2.32. The van der Waals surface area contributed by atoms with Crippen molar-refractivity contribution in [3.05, 3.63) is 27.9 Å². The molecule has 1 fully saturated rings. The fourth-order valence-electron chi connectivity index (χ4n) is 2.36. The molecule has 1 saturated heterocycles. The second-order valence-corrected chi connectivity index (χ2v) is 5.13. The lowest BCUT2D eigenvalue weighted by molar-refractivity contribution is -0.385. The van der Waals surface area contributed by atoms with Crippen molar-refractivity contribution in [3.8, 4) is 6.07 Å². The fraction of sp³-hybridized carbons (Fsp3) is 0.538. The maximum absolute atomic E-state index is 10.7. The zero-order valence-electron chi connectivity index (χ0n) is 11.7. The van der Waals surface area contributed by atoms with Gasteiger partial charge in [-0.2, -0.15) is 5.26 Å². The number of nitro groups is 1. The number of nitriles is 1. The second kappa shape index (κ2) is 6.03. The highest BCUT2D eigenvalue weighted by Crippen LogP contribution is 2.26. The van der Waals surface area contributed by atoms with Gasteiger partial charge in [0.15, 0.2) is 0 Å². The van der Waals surface area contributed by atoms with Crippen molar-refractivity contribution < 1.29 is 14.8 Å². The number of aliphatic hydroxyl groups is 1. The molecule has 2 heterocycles. The Labute approximate surface area is 121 Å². The first kappa shape index (κ1) is 15.2. The number of rotatable bonds is 4. The molecule has 8 heteroatoms. The lowest BCUT2D eigenvalue weighted by Gasteiger charge is -2.35. The second-order valence-electron chi connectivity index (χ2n) is 5.13. The molecule has 1 aliphatic rings. The smallest absolute Gasteiger partial charge is 0.289 e. The van der Waals surface area contributed by atoms with Gasteiger partial charge in [-0.05, 0) is 0 Å². The third kappa shape index (κ3) is 3.45. The van der Waals surface area contributed by atoms with Crippen LogP contribution in [0, 0.1) is 21.4 Å². The number of likely N-dealkylation sites (N-methyl/N-ethyl adjacent to an activating group) is 1. The van der Waals surface area contributed by atoms with Gasteiger partial charge in [0.2, 0.25) is 0 Å². The third-order valence-corrected chi connectivity index (χ3v) is 3.50. The Kier molecular flexibility index (Phi) is 4.35. The summed E-state index contributed by atoms with van der Waals surface area (Å²) < 4.78 is 5.22. The molecule has 0 saturated carbocycles. The monoisotopic (exact) mass is 292 g/mol. The van der Waals surface area contributed by atoms with Crippen LogP contribution in [0.3, 0.4) is 0 Å². The van der Waals surface area contributed by atoms with Gasteiger partial charge in [0.25, 0.3) is 5.69 Å². The highest BCUT2D eigenvalue weighted by molar-refractivity contribution is 5.57. The van der Waals surface area contributed by atoms with Gasteiger partial charge in [-0.3, -0.25) is 10.1 Å². The molecule has 2 rings (SSSR count). The zero-order chi connectivity index (χ0) is 15.5. The summed E-state index contributed by atoms with van der Waals surface area (Å²) >= 11 is 0. The van der Waals surface area contributed by atoms with Crippen molar-refractivity contribution in [2.24, 2.45) is 0 Å². The zero-order valence-corrected chi connectivity index (χ0v) is 11.7. The standard InChI is InChI=1S/C13H16N4O4/c1-16(9-13(18)2-4-21-5-3-13)12-10(7-14)6-11(8-15-12)17(19)20/h6,8,18H,2-5,9H2,1H3. The first-order chi connectivity index (χ1) is 9.95. The molecular weight excluding hydrogens is 276 g/mol. The molecule has 0 aliphatic carbocycles. The number of anilines is 1. The van der Waals surface area contributed by atoms with Crippen molar-refractivity contribution >= 4 is 11.5 Å². The SMILES string of the molecule is CN(CC1(O)CCOCC1)c1ncc([N+](=O)[O-])cc1C#N. The van der Waals surface area contributed by atoms with E-state index in [2.05, 4.69) is 4.98 Å². The molecule has 1 N–H and O–H groups in total. The van der Waals surface area contributed by atoms with Crippen LogP contribution >= 0.6 is 0 Å². The average Bonchev–Trinajstić information content (AvgIpc) is 2.46. The summed E-state index contributed by atoms with van der Waals surface area (Å²) in [6, 6.07) is 3.09. The molecule has 0 radical (unpaired) electrons. The van der Waals surface area contributed by atoms with E-state index in [-0.39, 0.29) is 17.8 Å². The van der Waals surface area contributed by atoms with Gasteiger partial charge in [-0.25, -0.2) is 4.98 Å². The molecule has 0 bridgehead atoms. The number of aromatic nitrogens is 1. The maximum atomic E-state index is 10.7. The predicted octanol–water partition coefficient (Wildman–Crippen LogP) is 0.839. The van der Waals surface area contributed by atoms with Gasteiger partial charge in [0.1, 0.15) is 23.6 Å². The van der Waals surface area contributed by atoms with E-state index in [1.54, 1.807) is 11.9 Å². The van der Waals surface area contributed by atoms with E-state index in [0.717, 1.165) is 6.20 Å². The number of nitrogens with zero attached hydrogens (tertiary/aromatic N) is 4. The number of ether oxygens (including phenoxy) is 1. The van der Waals surface area contributed by atoms with Crippen molar-refractivity contribution in [2.45, 2.75) is 18.4 Å². The molecular formula is C13H16N4O4. The molecule has 1 aliphatic heterocycles. The minimum absolute atomic E-state index is 0.113. The Morgan fingerprint density at radius 3 is 2.86 bits per heavy atom. The lowest BCUT2D eigenvalue weighted by atomic mass is 9.94. The minimum atomic E-state index is -0.900. The van der Waals surface area contributed by atoms with Gasteiger partial charge >= 0.3 is 0 Å². The summed E-state index contributed by atoms with van der Waals surface area (Å²) in [6.45, 7) is 1.27. The van der Waals surface area contributed by atoms with Crippen LogP contribution in [0.25, 0.3) is 0 Å². The molecule has 0 aromatic carbocycles. The normalized spacial score (nSPS) is 17.0. The van der Waals surface area contributed by atoms with Crippen LogP contribution in [-0.2, 0) is 4.74 Å². The van der Waals surface area contributed by atoms with Crippen LogP contribution in [0.15, 0.2) is 12.3 Å². The molecule has 1 aromatic rings. The van der Waals surface area contributed by atoms with Gasteiger partial charge in [-0.15, -0.1) is 0 Å². The van der Waals surface area contributed by atoms with Crippen molar-refractivity contribution in [2.75, 3.05) is 31.7 Å². The van der Waals surface area contributed by atoms with E-state index < -0.39 is 10.5 Å². The lowest BCUT2D eigenvalue weighted by Crippen LogP contribution is -2.46. The first-order valence-corrected chi connectivity index (χ1v) is 6.51. The first-order valence-electron chi connectivity index (χ1n) is 6.51. The molecule has 0 spiro atoms. The van der Waals surface area contributed by atoms with Crippen LogP contribution in [0.2, 0.25) is 0 Å². The summed E-state index contributed by atoms with van der Waals surface area (Å²) in [6.07, 6.45) is 2.12. The molecule has 1 aromatic heterocycles. The average molecular weight is 292 g/mol. The van der Waals surface area contributed by atoms with Crippen LogP contribution in [-0.4, -0.2) is 47.4 Å². The third-order valence-electron chi connectivity index (χ3n) is 3.50. The highest BCUT2D eigenvalue weighted by atomic mass is 16.6. The van der Waals surface area contributed by atoms with Crippen LogP contribution in [0.1, 0.15) is 18.4 Å². The Morgan fingerprint density at radius 1 is 1.62 bits per heavy atom. The van der Waals surface area contributed by atoms with Crippen LogP contribution in [0.5, 0.6) is 0 Å². The van der Waals surface area contributed by atoms with Gasteiger partial charge in [0, 0.05) is 45.7 Å². The largest absolute Gasteiger partial charge is 0.388 e. The molecule has 21 heavy (non-hydrogen) atoms. The minimum Gasteiger partial charge on any atom is -0.388 e. The number of hydrogen-bond donors (Lipinski definition) is 1. The van der Waals surface area contributed by atoms with Gasteiger partial charge < -0.3 is 14.7 Å². The van der Waals surface area contributed by atoms with E-state index in [9.17, 15) is 15.2 Å². The van der Waals surface area contributed by atoms with Crippen molar-refractivity contribution in [3.63, 3.8) is 0 Å². The van der Waals surface area contributed by atoms with Gasteiger partial charge in [0.05, 0.1) is 10.5 Å². The quantitative estimate of drug-likeness (QED) is 0.646. The Morgan fingerprint density at radius 2 is 2.29 bits per heavy atom. The molecule has 8 nitrogen and oxygen atoms in total. The predicted molar refractivity (Wildman–Crippen MR) is 73.9 cm³/mol. The summed E-state index contributed by atoms with van der Waals surface area (Å²) in [5.74, 6) is 0.322. The fourth-order valence-corrected chi connectivity index (χ4v) is 2.36. The Balaban J connectivity index is 2.20. The van der Waals surface area contributed by atoms with E-state index >= 15 is 0 Å². The molecule has 0 unspecified atom stereocenters. The Bertz CT molecular complexity index is 578. The number of pyridine rings is 1. The Hall–Kier alpha value is -2.24. The summed E-state index contributed by atoms with van der Waals surface area (Å²) in [5.41, 5.74) is -1.01. The van der Waals surface area contributed by atoms with Crippen LogP contribution in [0.4, 0.5) is 11.5 Å². The summed E-state index contributed by atoms with van der Waals surface area (Å²) in [7, 11) is 1.70.